The molecule has 2 amide bonds. The molecule has 142 valence electrons. The van der Waals surface area contributed by atoms with Crippen LogP contribution in [-0.2, 0) is 4.79 Å². The summed E-state index contributed by atoms with van der Waals surface area (Å²) in [5.74, 6) is -0.136. The number of aliphatic carboxylic acids is 1. The first kappa shape index (κ1) is 19.3. The second kappa shape index (κ2) is 8.50. The van der Waals surface area contributed by atoms with E-state index in [0.29, 0.717) is 16.6 Å². The van der Waals surface area contributed by atoms with Gasteiger partial charge < -0.3 is 15.7 Å². The van der Waals surface area contributed by atoms with Gasteiger partial charge in [-0.25, -0.2) is 4.79 Å². The van der Waals surface area contributed by atoms with Crippen molar-refractivity contribution in [2.45, 2.75) is 42.7 Å². The molecule has 0 spiro atoms. The van der Waals surface area contributed by atoms with Crippen molar-refractivity contribution < 1.29 is 14.7 Å². The normalized spacial score (nSPS) is 22.0. The highest BCUT2D eigenvalue weighted by Gasteiger charge is 2.37. The molecule has 0 saturated heterocycles. The molecule has 26 heavy (non-hydrogen) atoms. The molecule has 0 unspecified atom stereocenters. The summed E-state index contributed by atoms with van der Waals surface area (Å²) in [6.07, 6.45) is 5.92. The molecule has 0 heterocycles. The molecule has 2 aliphatic carbocycles. The third kappa shape index (κ3) is 5.28. The van der Waals surface area contributed by atoms with Crippen LogP contribution in [0, 0.1) is 5.92 Å². The summed E-state index contributed by atoms with van der Waals surface area (Å²) in [6, 6.07) is 5.48. The number of benzene rings is 1. The topological polar surface area (TPSA) is 81.7 Å². The lowest BCUT2D eigenvalue weighted by Crippen LogP contribution is -2.55. The zero-order chi connectivity index (χ0) is 18.7. The van der Waals surface area contributed by atoms with Crippen LogP contribution < -0.4 is 10.6 Å². The Morgan fingerprint density at radius 2 is 2.08 bits per heavy atom. The SMILES string of the molecule is CSc1ccc(Cl)cc1NC(=O)NC1CC(N(CC(=O)O)CC2CC2)C1. The molecule has 0 radical (unpaired) electrons. The molecule has 1 aromatic carbocycles. The minimum Gasteiger partial charge on any atom is -0.480 e. The number of carboxylic acid groups (broad SMARTS) is 1. The van der Waals surface area contributed by atoms with E-state index in [4.69, 9.17) is 16.7 Å². The number of amides is 2. The summed E-state index contributed by atoms with van der Waals surface area (Å²) in [5, 5.41) is 15.5. The maximum atomic E-state index is 12.3. The number of urea groups is 1. The number of nitrogens with zero attached hydrogens (tertiary/aromatic N) is 1. The predicted molar refractivity (Wildman–Crippen MR) is 104 cm³/mol. The number of hydrogen-bond acceptors (Lipinski definition) is 4. The number of carbonyl (C=O) groups is 2. The van der Waals surface area contributed by atoms with Gasteiger partial charge in [0.2, 0.25) is 0 Å². The van der Waals surface area contributed by atoms with Crippen molar-refractivity contribution in [2.75, 3.05) is 24.7 Å². The van der Waals surface area contributed by atoms with Crippen LogP contribution >= 0.6 is 23.4 Å². The van der Waals surface area contributed by atoms with E-state index in [0.717, 1.165) is 24.3 Å². The van der Waals surface area contributed by atoms with E-state index in [2.05, 4.69) is 15.5 Å². The average molecular weight is 398 g/mol. The summed E-state index contributed by atoms with van der Waals surface area (Å²) >= 11 is 7.55. The highest BCUT2D eigenvalue weighted by atomic mass is 35.5. The molecule has 0 atom stereocenters. The number of nitrogens with one attached hydrogen (secondary N) is 2. The van der Waals surface area contributed by atoms with Gasteiger partial charge in [-0.3, -0.25) is 9.69 Å². The number of halogens is 1. The fraction of sp³-hybridized carbons (Fsp3) is 0.556. The molecule has 0 aromatic heterocycles. The van der Waals surface area contributed by atoms with Crippen molar-refractivity contribution in [1.82, 2.24) is 10.2 Å². The quantitative estimate of drug-likeness (QED) is 0.585. The van der Waals surface area contributed by atoms with Gasteiger partial charge in [-0.1, -0.05) is 11.6 Å². The monoisotopic (exact) mass is 397 g/mol. The van der Waals surface area contributed by atoms with Crippen molar-refractivity contribution in [3.8, 4) is 0 Å². The van der Waals surface area contributed by atoms with Gasteiger partial charge in [0.05, 0.1) is 12.2 Å². The van der Waals surface area contributed by atoms with E-state index < -0.39 is 5.97 Å². The van der Waals surface area contributed by atoms with Crippen molar-refractivity contribution in [2.24, 2.45) is 5.92 Å². The molecule has 6 nitrogen and oxygen atoms in total. The Balaban J connectivity index is 1.48. The van der Waals surface area contributed by atoms with Crippen LogP contribution in [0.3, 0.4) is 0 Å². The van der Waals surface area contributed by atoms with Gasteiger partial charge in [0.1, 0.15) is 0 Å². The van der Waals surface area contributed by atoms with E-state index in [9.17, 15) is 9.59 Å². The summed E-state index contributed by atoms with van der Waals surface area (Å²) in [6.45, 7) is 0.940. The van der Waals surface area contributed by atoms with Crippen molar-refractivity contribution in [3.05, 3.63) is 23.2 Å². The number of carbonyl (C=O) groups excluding carboxylic acids is 1. The molecule has 2 aliphatic rings. The minimum atomic E-state index is -0.787. The van der Waals surface area contributed by atoms with Gasteiger partial charge in [-0.2, -0.15) is 0 Å². The van der Waals surface area contributed by atoms with Gasteiger partial charge in [-0.05, 0) is 56.1 Å². The van der Waals surface area contributed by atoms with E-state index in [-0.39, 0.29) is 24.7 Å². The lowest BCUT2D eigenvalue weighted by molar-refractivity contribution is -0.139. The predicted octanol–water partition coefficient (Wildman–Crippen LogP) is 3.51. The smallest absolute Gasteiger partial charge is 0.319 e. The second-order valence-electron chi connectivity index (χ2n) is 7.03. The van der Waals surface area contributed by atoms with Crippen LogP contribution in [0.25, 0.3) is 0 Å². The Hall–Kier alpha value is -1.44. The fourth-order valence-corrected chi connectivity index (χ4v) is 3.98. The molecule has 2 saturated carbocycles. The third-order valence-corrected chi connectivity index (χ3v) is 5.93. The van der Waals surface area contributed by atoms with Crippen LogP contribution in [0.2, 0.25) is 5.02 Å². The van der Waals surface area contributed by atoms with Crippen LogP contribution in [-0.4, -0.2) is 53.4 Å². The standard InChI is InChI=1S/C18H24ClN3O3S/c1-26-16-5-4-12(19)6-15(16)21-18(25)20-13-7-14(8-13)22(10-17(23)24)9-11-2-3-11/h4-6,11,13-14H,2-3,7-10H2,1H3,(H,23,24)(H2,20,21,25). The maximum Gasteiger partial charge on any atom is 0.319 e. The van der Waals surface area contributed by atoms with Crippen molar-refractivity contribution in [3.63, 3.8) is 0 Å². The maximum absolute atomic E-state index is 12.3. The highest BCUT2D eigenvalue weighted by Crippen LogP contribution is 2.34. The Bertz CT molecular complexity index is 678. The number of rotatable bonds is 8. The van der Waals surface area contributed by atoms with Crippen LogP contribution in [0.1, 0.15) is 25.7 Å². The highest BCUT2D eigenvalue weighted by molar-refractivity contribution is 7.98. The number of thioether (sulfide) groups is 1. The number of anilines is 1. The summed E-state index contributed by atoms with van der Waals surface area (Å²) in [5.41, 5.74) is 0.694. The first-order valence-corrected chi connectivity index (χ1v) is 10.4. The van der Waals surface area contributed by atoms with Crippen LogP contribution in [0.15, 0.2) is 23.1 Å². The molecule has 1 aromatic rings. The number of carboxylic acids is 1. The average Bonchev–Trinajstić information content (AvgIpc) is 3.33. The van der Waals surface area contributed by atoms with Gasteiger partial charge in [0.25, 0.3) is 0 Å². The first-order valence-electron chi connectivity index (χ1n) is 8.81. The first-order chi connectivity index (χ1) is 12.4. The van der Waals surface area contributed by atoms with E-state index >= 15 is 0 Å². The molecule has 3 N–H and O–H groups in total. The van der Waals surface area contributed by atoms with Crippen molar-refractivity contribution in [1.29, 1.82) is 0 Å². The van der Waals surface area contributed by atoms with Crippen LogP contribution in [0.5, 0.6) is 0 Å². The summed E-state index contributed by atoms with van der Waals surface area (Å²) < 4.78 is 0. The van der Waals surface area contributed by atoms with E-state index in [1.165, 1.54) is 12.8 Å². The lowest BCUT2D eigenvalue weighted by Gasteiger charge is -2.42. The van der Waals surface area contributed by atoms with Crippen molar-refractivity contribution >= 4 is 41.1 Å². The molecule has 2 fully saturated rings. The fourth-order valence-electron chi connectivity index (χ4n) is 3.27. The molecular formula is C18H24ClN3O3S. The largest absolute Gasteiger partial charge is 0.480 e. The molecule has 0 aliphatic heterocycles. The Kier molecular flexibility index (Phi) is 6.32. The Morgan fingerprint density at radius 1 is 1.35 bits per heavy atom. The van der Waals surface area contributed by atoms with Gasteiger partial charge in [-0.15, -0.1) is 11.8 Å². The zero-order valence-corrected chi connectivity index (χ0v) is 16.3. The van der Waals surface area contributed by atoms with E-state index in [1.807, 2.05) is 12.3 Å². The zero-order valence-electron chi connectivity index (χ0n) is 14.7. The third-order valence-electron chi connectivity index (χ3n) is 4.90. The molecule has 8 heteroatoms. The molecule has 3 rings (SSSR count). The van der Waals surface area contributed by atoms with Gasteiger partial charge >= 0.3 is 12.0 Å². The summed E-state index contributed by atoms with van der Waals surface area (Å²) in [7, 11) is 0. The minimum absolute atomic E-state index is 0.0763. The van der Waals surface area contributed by atoms with E-state index in [1.54, 1.807) is 23.9 Å². The van der Waals surface area contributed by atoms with Gasteiger partial charge in [0, 0.05) is 28.5 Å². The lowest BCUT2D eigenvalue weighted by atomic mass is 9.85. The molecular weight excluding hydrogens is 374 g/mol. The van der Waals surface area contributed by atoms with Gasteiger partial charge in [0.15, 0.2) is 0 Å². The number of hydrogen-bond donors (Lipinski definition) is 3. The van der Waals surface area contributed by atoms with Crippen LogP contribution in [0.4, 0.5) is 10.5 Å². The Labute approximate surface area is 162 Å². The molecule has 0 bridgehead atoms. The Morgan fingerprint density at radius 3 is 2.69 bits per heavy atom. The second-order valence-corrected chi connectivity index (χ2v) is 8.32. The summed E-state index contributed by atoms with van der Waals surface area (Å²) in [4.78, 5) is 26.3.